The first-order valence-electron chi connectivity index (χ1n) is 8.46. The van der Waals surface area contributed by atoms with E-state index in [0.29, 0.717) is 18.7 Å². The lowest BCUT2D eigenvalue weighted by molar-refractivity contribution is 0.0953. The van der Waals surface area contributed by atoms with Gasteiger partial charge in [0.05, 0.1) is 23.1 Å². The highest BCUT2D eigenvalue weighted by Crippen LogP contribution is 2.17. The first kappa shape index (κ1) is 17.0. The van der Waals surface area contributed by atoms with Crippen molar-refractivity contribution in [3.8, 4) is 0 Å². The number of rotatable bonds is 6. The third-order valence-corrected chi connectivity index (χ3v) is 4.20. The van der Waals surface area contributed by atoms with E-state index in [4.69, 9.17) is 0 Å². The van der Waals surface area contributed by atoms with E-state index in [1.807, 2.05) is 50.2 Å². The second-order valence-electron chi connectivity index (χ2n) is 6.09. The van der Waals surface area contributed by atoms with Gasteiger partial charge in [0.15, 0.2) is 0 Å². The van der Waals surface area contributed by atoms with Crippen LogP contribution in [0.1, 0.15) is 29.5 Å². The minimum atomic E-state index is -0.0843. The normalized spacial score (nSPS) is 10.8. The van der Waals surface area contributed by atoms with Crippen LogP contribution in [0.5, 0.6) is 0 Å². The predicted octanol–water partition coefficient (Wildman–Crippen LogP) is 2.74. The fourth-order valence-corrected chi connectivity index (χ4v) is 2.72. The molecule has 0 fully saturated rings. The summed E-state index contributed by atoms with van der Waals surface area (Å²) in [6.45, 7) is 3.34. The van der Waals surface area contributed by atoms with Gasteiger partial charge in [0, 0.05) is 26.8 Å². The van der Waals surface area contributed by atoms with Crippen molar-refractivity contribution in [2.24, 2.45) is 7.05 Å². The molecular formula is C19H23N5O. The van der Waals surface area contributed by atoms with Crippen LogP contribution in [-0.2, 0) is 13.6 Å². The van der Waals surface area contributed by atoms with Gasteiger partial charge in [0.1, 0.15) is 11.6 Å². The standard InChI is InChI=1S/C19H23N5O/c1-4-11-20-19(25)14-9-10-17(21-12-14)23(2)13-18-22-15-7-5-6-8-16(15)24(18)3/h5-10,12H,4,11,13H2,1-3H3,(H,20,25). The molecule has 0 spiro atoms. The molecule has 130 valence electrons. The van der Waals surface area contributed by atoms with Crippen molar-refractivity contribution in [2.45, 2.75) is 19.9 Å². The maximum atomic E-state index is 11.9. The van der Waals surface area contributed by atoms with Crippen molar-refractivity contribution in [1.82, 2.24) is 19.9 Å². The van der Waals surface area contributed by atoms with E-state index in [1.165, 1.54) is 0 Å². The Bertz CT molecular complexity index is 869. The Kier molecular flexibility index (Phi) is 4.97. The highest BCUT2D eigenvalue weighted by atomic mass is 16.1. The Morgan fingerprint density at radius 3 is 2.72 bits per heavy atom. The maximum absolute atomic E-state index is 11.9. The van der Waals surface area contributed by atoms with Gasteiger partial charge in [-0.2, -0.15) is 0 Å². The Morgan fingerprint density at radius 1 is 1.24 bits per heavy atom. The van der Waals surface area contributed by atoms with Crippen LogP contribution in [0.4, 0.5) is 5.82 Å². The topological polar surface area (TPSA) is 63.1 Å². The zero-order chi connectivity index (χ0) is 17.8. The van der Waals surface area contributed by atoms with Crippen LogP contribution < -0.4 is 10.2 Å². The summed E-state index contributed by atoms with van der Waals surface area (Å²) in [6.07, 6.45) is 2.53. The Hall–Kier alpha value is -2.89. The Labute approximate surface area is 147 Å². The molecule has 0 unspecified atom stereocenters. The number of amides is 1. The molecule has 0 bridgehead atoms. The van der Waals surface area contributed by atoms with E-state index in [-0.39, 0.29) is 5.91 Å². The summed E-state index contributed by atoms with van der Waals surface area (Å²) in [4.78, 5) is 23.1. The molecule has 2 aromatic heterocycles. The molecule has 3 aromatic rings. The largest absolute Gasteiger partial charge is 0.352 e. The summed E-state index contributed by atoms with van der Waals surface area (Å²) < 4.78 is 2.10. The number of anilines is 1. The molecule has 2 heterocycles. The quantitative estimate of drug-likeness (QED) is 0.751. The van der Waals surface area contributed by atoms with Gasteiger partial charge in [-0.15, -0.1) is 0 Å². The molecule has 0 aliphatic rings. The molecule has 0 aliphatic heterocycles. The van der Waals surface area contributed by atoms with Crippen molar-refractivity contribution in [3.63, 3.8) is 0 Å². The van der Waals surface area contributed by atoms with Crippen LogP contribution in [0.3, 0.4) is 0 Å². The third kappa shape index (κ3) is 3.63. The number of para-hydroxylation sites is 2. The summed E-state index contributed by atoms with van der Waals surface area (Å²) in [5.41, 5.74) is 2.68. The van der Waals surface area contributed by atoms with Gasteiger partial charge in [-0.3, -0.25) is 4.79 Å². The lowest BCUT2D eigenvalue weighted by Gasteiger charge is -2.18. The highest BCUT2D eigenvalue weighted by molar-refractivity contribution is 5.94. The molecule has 1 N–H and O–H groups in total. The second-order valence-corrected chi connectivity index (χ2v) is 6.09. The number of fused-ring (bicyclic) bond motifs is 1. The van der Waals surface area contributed by atoms with Crippen LogP contribution >= 0.6 is 0 Å². The van der Waals surface area contributed by atoms with Crippen LogP contribution in [0, 0.1) is 0 Å². The van der Waals surface area contributed by atoms with Gasteiger partial charge in [-0.25, -0.2) is 9.97 Å². The summed E-state index contributed by atoms with van der Waals surface area (Å²) in [5.74, 6) is 1.69. The molecule has 1 aromatic carbocycles. The smallest absolute Gasteiger partial charge is 0.252 e. The number of aryl methyl sites for hydroxylation is 1. The number of hydrogen-bond donors (Lipinski definition) is 1. The maximum Gasteiger partial charge on any atom is 0.252 e. The number of benzene rings is 1. The minimum Gasteiger partial charge on any atom is -0.352 e. The van der Waals surface area contributed by atoms with E-state index in [0.717, 1.165) is 29.1 Å². The van der Waals surface area contributed by atoms with Crippen molar-refractivity contribution >= 4 is 22.8 Å². The van der Waals surface area contributed by atoms with Crippen LogP contribution in [-0.4, -0.2) is 34.0 Å². The molecule has 3 rings (SSSR count). The molecule has 0 atom stereocenters. The number of nitrogens with one attached hydrogen (secondary N) is 1. The molecule has 0 saturated heterocycles. The van der Waals surface area contributed by atoms with E-state index in [1.54, 1.807) is 12.3 Å². The van der Waals surface area contributed by atoms with Crippen LogP contribution in [0.25, 0.3) is 11.0 Å². The molecule has 0 aliphatic carbocycles. The summed E-state index contributed by atoms with van der Waals surface area (Å²) in [5, 5.41) is 2.85. The summed E-state index contributed by atoms with van der Waals surface area (Å²) >= 11 is 0. The first-order chi connectivity index (χ1) is 12.1. The average Bonchev–Trinajstić information content (AvgIpc) is 2.96. The number of pyridine rings is 1. The van der Waals surface area contributed by atoms with Crippen LogP contribution in [0.2, 0.25) is 0 Å². The molecule has 6 heteroatoms. The summed E-state index contributed by atoms with van der Waals surface area (Å²) in [6, 6.07) is 11.8. The molecule has 25 heavy (non-hydrogen) atoms. The number of hydrogen-bond acceptors (Lipinski definition) is 4. The summed E-state index contributed by atoms with van der Waals surface area (Å²) in [7, 11) is 3.99. The van der Waals surface area contributed by atoms with E-state index < -0.39 is 0 Å². The zero-order valence-corrected chi connectivity index (χ0v) is 14.9. The number of imidazole rings is 1. The van der Waals surface area contributed by atoms with E-state index >= 15 is 0 Å². The third-order valence-electron chi connectivity index (χ3n) is 4.20. The van der Waals surface area contributed by atoms with Gasteiger partial charge >= 0.3 is 0 Å². The molecular weight excluding hydrogens is 314 g/mol. The predicted molar refractivity (Wildman–Crippen MR) is 99.7 cm³/mol. The fraction of sp³-hybridized carbons (Fsp3) is 0.316. The molecule has 0 radical (unpaired) electrons. The van der Waals surface area contributed by atoms with Gasteiger partial charge in [-0.1, -0.05) is 19.1 Å². The van der Waals surface area contributed by atoms with E-state index in [2.05, 4.69) is 25.9 Å². The lowest BCUT2D eigenvalue weighted by Crippen LogP contribution is -2.24. The average molecular weight is 337 g/mol. The van der Waals surface area contributed by atoms with Crippen molar-refractivity contribution < 1.29 is 4.79 Å². The van der Waals surface area contributed by atoms with Gasteiger partial charge in [-0.05, 0) is 30.7 Å². The first-order valence-corrected chi connectivity index (χ1v) is 8.46. The zero-order valence-electron chi connectivity index (χ0n) is 14.9. The van der Waals surface area contributed by atoms with Crippen molar-refractivity contribution in [2.75, 3.05) is 18.5 Å². The van der Waals surface area contributed by atoms with E-state index in [9.17, 15) is 4.79 Å². The number of carbonyl (C=O) groups excluding carboxylic acids is 1. The monoisotopic (exact) mass is 337 g/mol. The SMILES string of the molecule is CCCNC(=O)c1ccc(N(C)Cc2nc3ccccc3n2C)nc1. The van der Waals surface area contributed by atoms with Gasteiger partial charge < -0.3 is 14.8 Å². The minimum absolute atomic E-state index is 0.0843. The van der Waals surface area contributed by atoms with Crippen molar-refractivity contribution in [3.05, 3.63) is 54.0 Å². The van der Waals surface area contributed by atoms with Crippen molar-refractivity contribution in [1.29, 1.82) is 0 Å². The highest BCUT2D eigenvalue weighted by Gasteiger charge is 2.12. The lowest BCUT2D eigenvalue weighted by atomic mass is 10.2. The van der Waals surface area contributed by atoms with Crippen LogP contribution in [0.15, 0.2) is 42.6 Å². The van der Waals surface area contributed by atoms with Gasteiger partial charge in [0.2, 0.25) is 0 Å². The second kappa shape index (κ2) is 7.34. The van der Waals surface area contributed by atoms with Gasteiger partial charge in [0.25, 0.3) is 5.91 Å². The molecule has 1 amide bonds. The number of carbonyl (C=O) groups is 1. The Balaban J connectivity index is 1.73. The molecule has 0 saturated carbocycles. The fourth-order valence-electron chi connectivity index (χ4n) is 2.72. The number of aromatic nitrogens is 3. The molecule has 6 nitrogen and oxygen atoms in total. The number of nitrogens with zero attached hydrogens (tertiary/aromatic N) is 4. The Morgan fingerprint density at radius 2 is 2.04 bits per heavy atom.